The number of carbonyl (C=O) groups is 3. The van der Waals surface area contributed by atoms with Crippen LogP contribution in [0.5, 0.6) is 0 Å². The molecule has 1 fully saturated rings. The third kappa shape index (κ3) is 2.69. The molecule has 4 unspecified atom stereocenters. The number of allylic oxidation sites excluding steroid dienone is 2. The van der Waals surface area contributed by atoms with Crippen LogP contribution in [0.4, 0.5) is 0 Å². The first kappa shape index (κ1) is 14.6. The number of nitrogens with zero attached hydrogens (tertiary/aromatic N) is 1. The number of fused-ring (bicyclic) bond motifs is 2. The minimum Gasteiger partial charge on any atom is -0.481 e. The molecule has 0 aromatic carbocycles. The average Bonchev–Trinajstić information content (AvgIpc) is 2.97. The van der Waals surface area contributed by atoms with Crippen molar-refractivity contribution in [2.24, 2.45) is 23.7 Å². The molecule has 2 amide bonds. The van der Waals surface area contributed by atoms with Gasteiger partial charge in [0.15, 0.2) is 0 Å². The summed E-state index contributed by atoms with van der Waals surface area (Å²) in [6, 6.07) is 0. The molecule has 0 heterocycles. The van der Waals surface area contributed by atoms with Gasteiger partial charge in [0.25, 0.3) is 0 Å². The molecule has 6 heteroatoms. The predicted octanol–water partition coefficient (Wildman–Crippen LogP) is 0.104. The second-order valence-electron chi connectivity index (χ2n) is 5.67. The highest BCUT2D eigenvalue weighted by Crippen LogP contribution is 2.48. The lowest BCUT2D eigenvalue weighted by molar-refractivity contribution is -0.147. The Morgan fingerprint density at radius 3 is 2.35 bits per heavy atom. The van der Waals surface area contributed by atoms with E-state index in [0.717, 1.165) is 6.42 Å². The Kier molecular flexibility index (Phi) is 4.11. The van der Waals surface area contributed by atoms with Crippen molar-refractivity contribution in [3.05, 3.63) is 12.2 Å². The molecule has 0 aliphatic heterocycles. The van der Waals surface area contributed by atoms with Crippen LogP contribution < -0.4 is 5.32 Å². The number of amides is 2. The minimum atomic E-state index is -0.911. The summed E-state index contributed by atoms with van der Waals surface area (Å²) in [5, 5.41) is 12.0. The van der Waals surface area contributed by atoms with Gasteiger partial charge in [0.2, 0.25) is 11.8 Å². The van der Waals surface area contributed by atoms with E-state index < -0.39 is 17.8 Å². The first-order chi connectivity index (χ1) is 9.41. The number of carboxylic acids is 1. The zero-order valence-electron chi connectivity index (χ0n) is 11.7. The van der Waals surface area contributed by atoms with Gasteiger partial charge in [0.1, 0.15) is 0 Å². The van der Waals surface area contributed by atoms with Crippen molar-refractivity contribution in [3.63, 3.8) is 0 Å². The third-order valence-corrected chi connectivity index (χ3v) is 4.18. The minimum absolute atomic E-state index is 0.0191. The maximum atomic E-state index is 12.2. The molecule has 2 rings (SSSR count). The topological polar surface area (TPSA) is 86.7 Å². The van der Waals surface area contributed by atoms with E-state index in [0.29, 0.717) is 0 Å². The largest absolute Gasteiger partial charge is 0.481 e. The molecule has 0 aromatic rings. The zero-order valence-corrected chi connectivity index (χ0v) is 11.7. The van der Waals surface area contributed by atoms with Gasteiger partial charge in [-0.15, -0.1) is 0 Å². The summed E-state index contributed by atoms with van der Waals surface area (Å²) in [4.78, 5) is 36.4. The van der Waals surface area contributed by atoms with E-state index in [2.05, 4.69) is 5.32 Å². The number of hydrogen-bond donors (Lipinski definition) is 2. The first-order valence-corrected chi connectivity index (χ1v) is 6.80. The van der Waals surface area contributed by atoms with Crippen LogP contribution in [0.15, 0.2) is 12.2 Å². The smallest absolute Gasteiger partial charge is 0.307 e. The van der Waals surface area contributed by atoms with Gasteiger partial charge in [-0.1, -0.05) is 12.2 Å². The lowest BCUT2D eigenvalue weighted by Gasteiger charge is -2.23. The molecule has 0 aromatic heterocycles. The number of aliphatic carboxylic acids is 1. The molecule has 6 nitrogen and oxygen atoms in total. The van der Waals surface area contributed by atoms with Gasteiger partial charge in [-0.2, -0.15) is 0 Å². The van der Waals surface area contributed by atoms with Crippen LogP contribution in [0.3, 0.4) is 0 Å². The Morgan fingerprint density at radius 2 is 1.80 bits per heavy atom. The second kappa shape index (κ2) is 5.64. The van der Waals surface area contributed by atoms with Crippen molar-refractivity contribution in [1.29, 1.82) is 0 Å². The molecule has 1 saturated carbocycles. The number of nitrogens with one attached hydrogen (secondary N) is 1. The van der Waals surface area contributed by atoms with E-state index in [1.54, 1.807) is 14.1 Å². The van der Waals surface area contributed by atoms with Crippen molar-refractivity contribution in [2.75, 3.05) is 20.6 Å². The summed E-state index contributed by atoms with van der Waals surface area (Å²) >= 11 is 0. The standard InChI is InChI=1S/C14H20N2O4/c1-16(2)10(17)5-6-15-13(18)11-8-3-4-9(7-8)12(11)14(19)20/h3-4,8-9,11-12H,5-7H2,1-2H3,(H,15,18)(H,19,20). The maximum absolute atomic E-state index is 12.2. The van der Waals surface area contributed by atoms with Crippen LogP contribution in [0, 0.1) is 23.7 Å². The van der Waals surface area contributed by atoms with Gasteiger partial charge in [-0.05, 0) is 18.3 Å². The van der Waals surface area contributed by atoms with Crippen LogP contribution in [-0.4, -0.2) is 48.4 Å². The Balaban J connectivity index is 1.90. The molecule has 2 aliphatic carbocycles. The highest BCUT2D eigenvalue weighted by atomic mass is 16.4. The van der Waals surface area contributed by atoms with E-state index >= 15 is 0 Å². The normalized spacial score (nSPS) is 30.3. The molecule has 2 aliphatic rings. The molecule has 0 spiro atoms. The Morgan fingerprint density at radius 1 is 1.20 bits per heavy atom. The molecular formula is C14H20N2O4. The zero-order chi connectivity index (χ0) is 14.9. The van der Waals surface area contributed by atoms with Crippen LogP contribution in [-0.2, 0) is 14.4 Å². The number of hydrogen-bond acceptors (Lipinski definition) is 3. The summed E-state index contributed by atoms with van der Waals surface area (Å²) in [6.45, 7) is 0.250. The number of carbonyl (C=O) groups excluding carboxylic acids is 2. The van der Waals surface area contributed by atoms with E-state index in [-0.39, 0.29) is 36.6 Å². The predicted molar refractivity (Wildman–Crippen MR) is 71.7 cm³/mol. The summed E-state index contributed by atoms with van der Waals surface area (Å²) in [6.07, 6.45) is 4.82. The second-order valence-corrected chi connectivity index (χ2v) is 5.67. The van der Waals surface area contributed by atoms with E-state index in [9.17, 15) is 19.5 Å². The maximum Gasteiger partial charge on any atom is 0.307 e. The molecule has 2 bridgehead atoms. The van der Waals surface area contributed by atoms with Gasteiger partial charge < -0.3 is 15.3 Å². The molecular weight excluding hydrogens is 260 g/mol. The Hall–Kier alpha value is -1.85. The highest BCUT2D eigenvalue weighted by Gasteiger charge is 2.51. The summed E-state index contributed by atoms with van der Waals surface area (Å²) in [5.74, 6) is -2.37. The van der Waals surface area contributed by atoms with E-state index in [1.807, 2.05) is 12.2 Å². The Labute approximate surface area is 117 Å². The summed E-state index contributed by atoms with van der Waals surface area (Å²) < 4.78 is 0. The van der Waals surface area contributed by atoms with Gasteiger partial charge in [-0.3, -0.25) is 14.4 Å². The van der Waals surface area contributed by atoms with Crippen LogP contribution >= 0.6 is 0 Å². The van der Waals surface area contributed by atoms with Gasteiger partial charge >= 0.3 is 5.97 Å². The molecule has 110 valence electrons. The van der Waals surface area contributed by atoms with Crippen molar-refractivity contribution in [3.8, 4) is 0 Å². The van der Waals surface area contributed by atoms with Crippen LogP contribution in [0.2, 0.25) is 0 Å². The lowest BCUT2D eigenvalue weighted by Crippen LogP contribution is -2.41. The quantitative estimate of drug-likeness (QED) is 0.699. The lowest BCUT2D eigenvalue weighted by atomic mass is 9.82. The fourth-order valence-electron chi connectivity index (χ4n) is 3.15. The molecule has 2 N–H and O–H groups in total. The number of rotatable bonds is 5. The summed E-state index contributed by atoms with van der Waals surface area (Å²) in [5.41, 5.74) is 0. The van der Waals surface area contributed by atoms with Crippen molar-refractivity contribution < 1.29 is 19.5 Å². The van der Waals surface area contributed by atoms with Crippen molar-refractivity contribution >= 4 is 17.8 Å². The van der Waals surface area contributed by atoms with Gasteiger partial charge in [0.05, 0.1) is 11.8 Å². The molecule has 20 heavy (non-hydrogen) atoms. The molecule has 0 radical (unpaired) electrons. The van der Waals surface area contributed by atoms with Crippen molar-refractivity contribution in [2.45, 2.75) is 12.8 Å². The highest BCUT2D eigenvalue weighted by molar-refractivity contribution is 5.87. The molecule has 4 atom stereocenters. The van der Waals surface area contributed by atoms with Gasteiger partial charge in [-0.25, -0.2) is 0 Å². The van der Waals surface area contributed by atoms with Crippen LogP contribution in [0.1, 0.15) is 12.8 Å². The SMILES string of the molecule is CN(C)C(=O)CCNC(=O)C1C2C=CC(C2)C1C(=O)O. The first-order valence-electron chi connectivity index (χ1n) is 6.80. The molecule has 0 saturated heterocycles. The van der Waals surface area contributed by atoms with E-state index in [4.69, 9.17) is 0 Å². The van der Waals surface area contributed by atoms with E-state index in [1.165, 1.54) is 4.90 Å². The third-order valence-electron chi connectivity index (χ3n) is 4.18. The summed E-state index contributed by atoms with van der Waals surface area (Å²) in [7, 11) is 3.32. The van der Waals surface area contributed by atoms with Crippen molar-refractivity contribution in [1.82, 2.24) is 10.2 Å². The monoisotopic (exact) mass is 280 g/mol. The average molecular weight is 280 g/mol. The fourth-order valence-corrected chi connectivity index (χ4v) is 3.15. The fraction of sp³-hybridized carbons (Fsp3) is 0.643. The van der Waals surface area contributed by atoms with Crippen LogP contribution in [0.25, 0.3) is 0 Å². The number of carboxylic acid groups (broad SMARTS) is 1. The van der Waals surface area contributed by atoms with Gasteiger partial charge in [0, 0.05) is 27.1 Å². The Bertz CT molecular complexity index is 458.